The first kappa shape index (κ1) is 19.9. The zero-order chi connectivity index (χ0) is 20.9. The molecule has 0 aliphatic heterocycles. The molecular formula is C21H22ClF2N3O2. The van der Waals surface area contributed by atoms with E-state index in [1.165, 1.54) is 12.1 Å². The third-order valence-electron chi connectivity index (χ3n) is 5.49. The smallest absolute Gasteiger partial charge is 0.387 e. The average molecular weight is 422 g/mol. The number of hydrogen-bond acceptors (Lipinski definition) is 3. The fourth-order valence-corrected chi connectivity index (χ4v) is 3.91. The van der Waals surface area contributed by atoms with Gasteiger partial charge in [-0.2, -0.15) is 8.78 Å². The van der Waals surface area contributed by atoms with Gasteiger partial charge in [0.15, 0.2) is 5.82 Å². The molecule has 2 aromatic heterocycles. The first-order valence-electron chi connectivity index (χ1n) is 9.71. The number of rotatable bonds is 6. The lowest BCUT2D eigenvalue weighted by atomic mass is 10.00. The Hall–Kier alpha value is -2.41. The van der Waals surface area contributed by atoms with E-state index in [9.17, 15) is 13.6 Å². The van der Waals surface area contributed by atoms with E-state index >= 15 is 0 Å². The van der Waals surface area contributed by atoms with Crippen LogP contribution in [0, 0.1) is 6.92 Å². The van der Waals surface area contributed by atoms with Gasteiger partial charge in [-0.1, -0.05) is 25.4 Å². The van der Waals surface area contributed by atoms with E-state index in [1.54, 1.807) is 15.1 Å². The molecule has 3 aromatic rings. The molecule has 1 aliphatic carbocycles. The molecule has 2 heterocycles. The molecule has 1 aromatic carbocycles. The highest BCUT2D eigenvalue weighted by Crippen LogP contribution is 2.39. The van der Waals surface area contributed by atoms with Gasteiger partial charge >= 0.3 is 6.61 Å². The van der Waals surface area contributed by atoms with Gasteiger partial charge in [0.05, 0.1) is 5.02 Å². The van der Waals surface area contributed by atoms with Crippen molar-refractivity contribution in [3.63, 3.8) is 0 Å². The molecule has 1 aliphatic rings. The molecule has 1 fully saturated rings. The Morgan fingerprint density at radius 2 is 2.03 bits per heavy atom. The molecule has 29 heavy (non-hydrogen) atoms. The monoisotopic (exact) mass is 421 g/mol. The first-order valence-corrected chi connectivity index (χ1v) is 10.1. The van der Waals surface area contributed by atoms with Crippen LogP contribution >= 0.6 is 11.6 Å². The summed E-state index contributed by atoms with van der Waals surface area (Å²) in [7, 11) is 0. The van der Waals surface area contributed by atoms with E-state index in [-0.39, 0.29) is 28.3 Å². The maximum atomic E-state index is 13.5. The van der Waals surface area contributed by atoms with Crippen molar-refractivity contribution in [1.82, 2.24) is 14.2 Å². The maximum Gasteiger partial charge on any atom is 0.387 e. The standard InChI is InChI=1S/C21H22ClF2N3O2/c1-4-11(2)16-9-12(3)27-18(16)20(28)26(13-5-6-13)19(25-27)15-8-7-14(10-17(15)22)29-21(23)24/h7-11,13,21H,4-6H2,1-3H3. The minimum Gasteiger partial charge on any atom is -0.435 e. The Kier molecular flexibility index (Phi) is 5.11. The van der Waals surface area contributed by atoms with Crippen LogP contribution in [0.3, 0.4) is 0 Å². The average Bonchev–Trinajstić information content (AvgIpc) is 3.44. The van der Waals surface area contributed by atoms with Crippen molar-refractivity contribution in [3.05, 3.63) is 50.9 Å². The lowest BCUT2D eigenvalue weighted by Gasteiger charge is -2.15. The number of alkyl halides is 2. The molecule has 4 rings (SSSR count). The minimum atomic E-state index is -2.93. The molecule has 154 valence electrons. The number of ether oxygens (including phenoxy) is 1. The minimum absolute atomic E-state index is 0.0358. The normalized spacial score (nSPS) is 15.3. The van der Waals surface area contributed by atoms with Gasteiger partial charge < -0.3 is 4.74 Å². The summed E-state index contributed by atoms with van der Waals surface area (Å²) in [6.45, 7) is 3.17. The lowest BCUT2D eigenvalue weighted by molar-refractivity contribution is -0.0498. The highest BCUT2D eigenvalue weighted by atomic mass is 35.5. The van der Waals surface area contributed by atoms with Gasteiger partial charge in [0.25, 0.3) is 5.56 Å². The number of halogens is 3. The van der Waals surface area contributed by atoms with Gasteiger partial charge in [-0.05, 0) is 61.9 Å². The molecule has 5 nitrogen and oxygen atoms in total. The van der Waals surface area contributed by atoms with Crippen molar-refractivity contribution < 1.29 is 13.5 Å². The zero-order valence-electron chi connectivity index (χ0n) is 16.5. The highest BCUT2D eigenvalue weighted by Gasteiger charge is 2.31. The summed E-state index contributed by atoms with van der Waals surface area (Å²) in [5.74, 6) is 0.639. The van der Waals surface area contributed by atoms with Crippen LogP contribution in [-0.4, -0.2) is 20.8 Å². The van der Waals surface area contributed by atoms with E-state index in [2.05, 4.69) is 18.6 Å². The van der Waals surface area contributed by atoms with Gasteiger partial charge in [-0.15, -0.1) is 5.10 Å². The van der Waals surface area contributed by atoms with Crippen molar-refractivity contribution in [2.75, 3.05) is 0 Å². The van der Waals surface area contributed by atoms with Crippen molar-refractivity contribution in [2.45, 2.75) is 58.6 Å². The molecule has 0 radical (unpaired) electrons. The molecule has 1 unspecified atom stereocenters. The van der Waals surface area contributed by atoms with E-state index in [0.717, 1.165) is 30.5 Å². The Morgan fingerprint density at radius 3 is 2.62 bits per heavy atom. The molecule has 0 bridgehead atoms. The number of fused-ring (bicyclic) bond motifs is 1. The van der Waals surface area contributed by atoms with Gasteiger partial charge in [-0.25, -0.2) is 4.52 Å². The van der Waals surface area contributed by atoms with Crippen molar-refractivity contribution >= 4 is 17.1 Å². The second-order valence-electron chi connectivity index (χ2n) is 7.56. The van der Waals surface area contributed by atoms with Crippen LogP contribution in [0.4, 0.5) is 8.78 Å². The van der Waals surface area contributed by atoms with Gasteiger partial charge in [0.1, 0.15) is 11.3 Å². The molecule has 1 atom stereocenters. The first-order chi connectivity index (χ1) is 13.8. The third kappa shape index (κ3) is 3.52. The van der Waals surface area contributed by atoms with E-state index in [0.29, 0.717) is 16.9 Å². The molecule has 1 saturated carbocycles. The summed E-state index contributed by atoms with van der Waals surface area (Å²) in [5.41, 5.74) is 2.88. The number of aromatic nitrogens is 3. The Labute approximate surface area is 171 Å². The van der Waals surface area contributed by atoms with Gasteiger partial charge in [-0.3, -0.25) is 9.36 Å². The summed E-state index contributed by atoms with van der Waals surface area (Å²) in [5, 5.41) is 4.97. The quantitative estimate of drug-likeness (QED) is 0.522. The molecule has 8 heteroatoms. The van der Waals surface area contributed by atoms with E-state index in [1.807, 2.05) is 13.0 Å². The summed E-state index contributed by atoms with van der Waals surface area (Å²) in [6, 6.07) is 6.39. The summed E-state index contributed by atoms with van der Waals surface area (Å²) < 4.78 is 32.8. The van der Waals surface area contributed by atoms with Gasteiger partial charge in [0.2, 0.25) is 0 Å². The molecule has 0 N–H and O–H groups in total. The largest absolute Gasteiger partial charge is 0.435 e. The number of benzene rings is 1. The van der Waals surface area contributed by atoms with Crippen molar-refractivity contribution in [1.29, 1.82) is 0 Å². The fourth-order valence-electron chi connectivity index (χ4n) is 3.65. The van der Waals surface area contributed by atoms with Crippen molar-refractivity contribution in [2.24, 2.45) is 0 Å². The Morgan fingerprint density at radius 1 is 1.31 bits per heavy atom. The van der Waals surface area contributed by atoms with Crippen LogP contribution in [-0.2, 0) is 0 Å². The number of nitrogens with zero attached hydrogens (tertiary/aromatic N) is 3. The van der Waals surface area contributed by atoms with Crippen LogP contribution in [0.5, 0.6) is 5.75 Å². The predicted octanol–water partition coefficient (Wildman–Crippen LogP) is 5.57. The topological polar surface area (TPSA) is 48.5 Å². The van der Waals surface area contributed by atoms with Crippen LogP contribution in [0.15, 0.2) is 29.1 Å². The Bertz CT molecular complexity index is 1140. The fraction of sp³-hybridized carbons (Fsp3) is 0.429. The SMILES string of the molecule is CCC(C)c1cc(C)n2nc(-c3ccc(OC(F)F)cc3Cl)n(C3CC3)c(=O)c12. The second-order valence-corrected chi connectivity index (χ2v) is 7.97. The summed E-state index contributed by atoms with van der Waals surface area (Å²) in [6.07, 6.45) is 2.71. The summed E-state index contributed by atoms with van der Waals surface area (Å²) in [4.78, 5) is 13.5. The van der Waals surface area contributed by atoms with Crippen molar-refractivity contribution in [3.8, 4) is 17.1 Å². The molecule has 0 amide bonds. The Balaban J connectivity index is 1.95. The molecule has 0 saturated heterocycles. The lowest BCUT2D eigenvalue weighted by Crippen LogP contribution is -2.26. The maximum absolute atomic E-state index is 13.5. The number of aryl methyl sites for hydroxylation is 1. The summed E-state index contributed by atoms with van der Waals surface area (Å²) >= 11 is 6.38. The van der Waals surface area contributed by atoms with Crippen LogP contribution in [0.1, 0.15) is 56.3 Å². The molecular weight excluding hydrogens is 400 g/mol. The van der Waals surface area contributed by atoms with E-state index < -0.39 is 6.61 Å². The van der Waals surface area contributed by atoms with Crippen LogP contribution < -0.4 is 10.3 Å². The third-order valence-corrected chi connectivity index (χ3v) is 5.80. The highest BCUT2D eigenvalue weighted by molar-refractivity contribution is 6.33. The van der Waals surface area contributed by atoms with Gasteiger partial charge in [0, 0.05) is 17.3 Å². The van der Waals surface area contributed by atoms with E-state index in [4.69, 9.17) is 16.7 Å². The molecule has 0 spiro atoms. The van der Waals surface area contributed by atoms with Crippen LogP contribution in [0.25, 0.3) is 16.9 Å². The zero-order valence-corrected chi connectivity index (χ0v) is 17.2. The van der Waals surface area contributed by atoms with Crippen LogP contribution in [0.2, 0.25) is 5.02 Å². The number of hydrogen-bond donors (Lipinski definition) is 0. The second kappa shape index (κ2) is 7.44. The predicted molar refractivity (Wildman–Crippen MR) is 108 cm³/mol.